The van der Waals surface area contributed by atoms with Crippen LogP contribution in [0.1, 0.15) is 61.5 Å². The van der Waals surface area contributed by atoms with E-state index in [1.807, 2.05) is 32.0 Å². The van der Waals surface area contributed by atoms with E-state index in [0.717, 1.165) is 22.3 Å². The Balaban J connectivity index is 0.000000292. The molecule has 0 fully saturated rings. The minimum Gasteiger partial charge on any atom is -0.480 e. The van der Waals surface area contributed by atoms with Crippen LogP contribution in [0.2, 0.25) is 30.1 Å². The third-order valence-corrected chi connectivity index (χ3v) is 12.5. The van der Waals surface area contributed by atoms with Crippen LogP contribution in [-0.4, -0.2) is 58.0 Å². The molecule has 0 saturated carbocycles. The molecule has 0 aliphatic heterocycles. The number of aryl methyl sites for hydroxylation is 2. The number of carbonyl (C=O) groups excluding carboxylic acids is 3. The van der Waals surface area contributed by atoms with Gasteiger partial charge in [0.15, 0.2) is 0 Å². The molecule has 6 aromatic carbocycles. The second-order valence-corrected chi connectivity index (χ2v) is 17.9. The van der Waals surface area contributed by atoms with Crippen LogP contribution in [0.5, 0.6) is 0 Å². The SMILES string of the molecule is C.COC(=O)C(Cc1ccc(NC(=O)c2c(Cl)cccc2Cl)cc1)NC(=S)c1c(C)cccc1Cl.Cc1cccc(Cl)c1C(=S)NC(Cc1ccc(NC(=O)c2c(Cl)cccc2Cl)cc1)C(=O)O. The number of esters is 1. The predicted molar refractivity (Wildman–Crippen MR) is 285 cm³/mol. The van der Waals surface area contributed by atoms with Crippen LogP contribution in [0.25, 0.3) is 0 Å². The molecule has 0 radical (unpaired) electrons. The van der Waals surface area contributed by atoms with Crippen molar-refractivity contribution in [2.24, 2.45) is 0 Å². The van der Waals surface area contributed by atoms with Gasteiger partial charge in [0.2, 0.25) is 0 Å². The summed E-state index contributed by atoms with van der Waals surface area (Å²) in [7, 11) is 1.32. The summed E-state index contributed by atoms with van der Waals surface area (Å²) in [4.78, 5) is 50.0. The summed E-state index contributed by atoms with van der Waals surface area (Å²) < 4.78 is 4.95. The number of amides is 2. The summed E-state index contributed by atoms with van der Waals surface area (Å²) in [6.45, 7) is 3.75. The van der Waals surface area contributed by atoms with Gasteiger partial charge in [-0.2, -0.15) is 0 Å². The molecule has 6 aromatic rings. The first kappa shape index (κ1) is 55.3. The fraction of sp³-hybridized carbons (Fsp3) is 0.160. The first-order valence-corrected chi connectivity index (χ1v) is 23.1. The van der Waals surface area contributed by atoms with Crippen molar-refractivity contribution < 1.29 is 29.0 Å². The van der Waals surface area contributed by atoms with E-state index < -0.39 is 35.8 Å². The van der Waals surface area contributed by atoms with Crippen LogP contribution in [0.3, 0.4) is 0 Å². The number of hydrogen-bond acceptors (Lipinski definition) is 7. The van der Waals surface area contributed by atoms with Gasteiger partial charge in [0.1, 0.15) is 22.1 Å². The molecular weight excluding hydrogens is 1030 g/mol. The van der Waals surface area contributed by atoms with Gasteiger partial charge in [-0.3, -0.25) is 9.59 Å². The van der Waals surface area contributed by atoms with E-state index in [1.165, 1.54) is 7.11 Å². The molecule has 68 heavy (non-hydrogen) atoms. The number of anilines is 2. The smallest absolute Gasteiger partial charge is 0.328 e. The van der Waals surface area contributed by atoms with E-state index in [9.17, 15) is 24.3 Å². The van der Waals surface area contributed by atoms with Crippen LogP contribution in [0.4, 0.5) is 11.4 Å². The fourth-order valence-electron chi connectivity index (χ4n) is 6.57. The monoisotopic (exact) mass is 1070 g/mol. The maximum absolute atomic E-state index is 12.6. The summed E-state index contributed by atoms with van der Waals surface area (Å²) in [6.07, 6.45) is 0.477. The topological polar surface area (TPSA) is 146 Å². The number of carboxylic acids is 1. The first-order chi connectivity index (χ1) is 31.9. The Hall–Kier alpha value is -5.28. The summed E-state index contributed by atoms with van der Waals surface area (Å²) >= 11 is 47.9. The number of benzene rings is 6. The molecule has 0 aliphatic rings. The number of thiocarbonyl (C=S) groups is 2. The summed E-state index contributed by atoms with van der Waals surface area (Å²) in [5.41, 5.74) is 6.04. The highest BCUT2D eigenvalue weighted by Gasteiger charge is 2.24. The minimum atomic E-state index is -1.05. The number of carboxylic acid groups (broad SMARTS) is 1. The van der Waals surface area contributed by atoms with E-state index in [0.29, 0.717) is 44.0 Å². The highest BCUT2D eigenvalue weighted by Crippen LogP contribution is 2.28. The van der Waals surface area contributed by atoms with Gasteiger partial charge >= 0.3 is 11.9 Å². The molecule has 0 spiro atoms. The molecule has 18 heteroatoms. The highest BCUT2D eigenvalue weighted by atomic mass is 35.5. The molecule has 2 atom stereocenters. The van der Waals surface area contributed by atoms with Crippen molar-refractivity contribution in [3.05, 3.63) is 196 Å². The lowest BCUT2D eigenvalue weighted by Gasteiger charge is -2.20. The van der Waals surface area contributed by atoms with Gasteiger partial charge in [0.25, 0.3) is 11.8 Å². The molecular formula is C50H44Cl6N4O6S2. The molecule has 0 bridgehead atoms. The quantitative estimate of drug-likeness (QED) is 0.0528. The van der Waals surface area contributed by atoms with Crippen molar-refractivity contribution in [2.75, 3.05) is 17.7 Å². The second-order valence-electron chi connectivity index (χ2n) is 14.7. The number of rotatable bonds is 14. The summed E-state index contributed by atoms with van der Waals surface area (Å²) in [5.74, 6) is -2.37. The summed E-state index contributed by atoms with van der Waals surface area (Å²) in [6, 6.07) is 32.7. The Bertz CT molecular complexity index is 2750. The van der Waals surface area contributed by atoms with Gasteiger partial charge < -0.3 is 31.1 Å². The van der Waals surface area contributed by atoms with Crippen molar-refractivity contribution in [3.63, 3.8) is 0 Å². The van der Waals surface area contributed by atoms with E-state index in [2.05, 4.69) is 21.3 Å². The molecule has 6 rings (SSSR count). The zero-order chi connectivity index (χ0) is 48.9. The molecule has 2 unspecified atom stereocenters. The van der Waals surface area contributed by atoms with Crippen molar-refractivity contribution in [1.82, 2.24) is 10.6 Å². The Morgan fingerprint density at radius 1 is 0.515 bits per heavy atom. The van der Waals surface area contributed by atoms with Gasteiger partial charge in [-0.1, -0.05) is 162 Å². The maximum Gasteiger partial charge on any atom is 0.328 e. The van der Waals surface area contributed by atoms with E-state index in [-0.39, 0.29) is 50.1 Å². The van der Waals surface area contributed by atoms with Crippen LogP contribution in [0, 0.1) is 13.8 Å². The highest BCUT2D eigenvalue weighted by molar-refractivity contribution is 7.81. The Morgan fingerprint density at radius 2 is 0.824 bits per heavy atom. The maximum atomic E-state index is 12.6. The fourth-order valence-corrected chi connectivity index (χ4v) is 9.28. The number of halogens is 6. The van der Waals surface area contributed by atoms with Gasteiger partial charge in [-0.25, -0.2) is 9.59 Å². The van der Waals surface area contributed by atoms with Crippen LogP contribution in [-0.2, 0) is 27.2 Å². The van der Waals surface area contributed by atoms with E-state index in [4.69, 9.17) is 98.8 Å². The molecule has 354 valence electrons. The van der Waals surface area contributed by atoms with Crippen molar-refractivity contribution in [2.45, 2.75) is 46.2 Å². The molecule has 5 N–H and O–H groups in total. The van der Waals surface area contributed by atoms with Crippen molar-refractivity contribution >= 4 is 139 Å². The van der Waals surface area contributed by atoms with Crippen LogP contribution >= 0.6 is 94.0 Å². The molecule has 0 heterocycles. The van der Waals surface area contributed by atoms with Gasteiger partial charge in [0.05, 0.1) is 48.4 Å². The molecule has 0 aliphatic carbocycles. The number of nitrogens with one attached hydrogen (secondary N) is 4. The normalized spacial score (nSPS) is 11.3. The average Bonchev–Trinajstić information content (AvgIpc) is 3.27. The van der Waals surface area contributed by atoms with Gasteiger partial charge in [0, 0.05) is 35.3 Å². The number of aliphatic carboxylic acids is 1. The number of carbonyl (C=O) groups is 4. The first-order valence-electron chi connectivity index (χ1n) is 20.0. The van der Waals surface area contributed by atoms with Gasteiger partial charge in [-0.15, -0.1) is 0 Å². The van der Waals surface area contributed by atoms with Crippen molar-refractivity contribution in [1.29, 1.82) is 0 Å². The van der Waals surface area contributed by atoms with Gasteiger partial charge in [-0.05, 0) is 96.8 Å². The number of ether oxygens (including phenoxy) is 1. The molecule has 10 nitrogen and oxygen atoms in total. The Labute approximate surface area is 435 Å². The minimum absolute atomic E-state index is 0. The Morgan fingerprint density at radius 3 is 1.15 bits per heavy atom. The zero-order valence-electron chi connectivity index (χ0n) is 35.7. The predicted octanol–water partition coefficient (Wildman–Crippen LogP) is 13.1. The van der Waals surface area contributed by atoms with E-state index >= 15 is 0 Å². The van der Waals surface area contributed by atoms with Crippen molar-refractivity contribution in [3.8, 4) is 0 Å². The lowest BCUT2D eigenvalue weighted by Crippen LogP contribution is -2.43. The lowest BCUT2D eigenvalue weighted by molar-refractivity contribution is -0.142. The van der Waals surface area contributed by atoms with Crippen LogP contribution in [0.15, 0.2) is 121 Å². The average molecular weight is 1070 g/mol. The molecule has 0 aromatic heterocycles. The number of hydrogen-bond donors (Lipinski definition) is 5. The largest absolute Gasteiger partial charge is 0.480 e. The standard InChI is InChI=1S/C25H21Cl3N2O3S.C24H19Cl3N2O3S.CH4/c1-14-5-3-6-17(26)21(14)24(34)30-20(25(32)33-2)13-15-9-11-16(12-10-15)29-23(31)22-18(27)7-4-8-19(22)28;1-13-4-2-5-16(25)20(13)23(33)29-19(24(31)32)12-14-8-10-15(11-9-14)28-22(30)21-17(26)6-3-7-18(21)27;/h3-12,20H,13H2,1-2H3,(H,29,31)(H,30,34);2-11,19H,12H2,1H3,(H,28,30)(H,29,33)(H,31,32);1H4. The molecule has 2 amide bonds. The summed E-state index contributed by atoms with van der Waals surface area (Å²) in [5, 5.41) is 23.1. The lowest BCUT2D eigenvalue weighted by atomic mass is 10.0. The Kier molecular flexibility index (Phi) is 21.1. The third kappa shape index (κ3) is 14.9. The zero-order valence-corrected chi connectivity index (χ0v) is 41.9. The number of methoxy groups -OCH3 is 1. The third-order valence-electron chi connectivity index (χ3n) is 9.98. The van der Waals surface area contributed by atoms with Crippen LogP contribution < -0.4 is 21.3 Å². The molecule has 0 saturated heterocycles. The van der Waals surface area contributed by atoms with E-state index in [1.54, 1.807) is 103 Å². The second kappa shape index (κ2) is 25.9.